The lowest BCUT2D eigenvalue weighted by molar-refractivity contribution is -0.141. The second-order valence-corrected chi connectivity index (χ2v) is 8.47. The van der Waals surface area contributed by atoms with Gasteiger partial charge in [0.2, 0.25) is 0 Å². The van der Waals surface area contributed by atoms with Crippen molar-refractivity contribution >= 4 is 5.97 Å². The minimum Gasteiger partial charge on any atom is -0.508 e. The number of allylic oxidation sites excluding steroid dienone is 1. The maximum atomic E-state index is 12.5. The van der Waals surface area contributed by atoms with Crippen LogP contribution in [0.3, 0.4) is 0 Å². The van der Waals surface area contributed by atoms with E-state index in [1.54, 1.807) is 19.1 Å². The molecule has 23 heavy (non-hydrogen) atoms. The van der Waals surface area contributed by atoms with E-state index in [-0.39, 0.29) is 28.5 Å². The second-order valence-electron chi connectivity index (χ2n) is 8.47. The molecule has 0 heterocycles. The van der Waals surface area contributed by atoms with Crippen LogP contribution < -0.4 is 0 Å². The predicted octanol–water partition coefficient (Wildman–Crippen LogP) is 5.29. The number of hydrogen-bond acceptors (Lipinski definition) is 3. The number of esters is 1. The molecule has 1 aromatic rings. The molecule has 0 aromatic heterocycles. The Morgan fingerprint density at radius 1 is 1.22 bits per heavy atom. The van der Waals surface area contributed by atoms with Gasteiger partial charge in [-0.1, -0.05) is 60.3 Å². The van der Waals surface area contributed by atoms with E-state index in [2.05, 4.69) is 27.4 Å². The van der Waals surface area contributed by atoms with Gasteiger partial charge in [-0.15, -0.1) is 0 Å². The van der Waals surface area contributed by atoms with Crippen LogP contribution in [0.1, 0.15) is 71.9 Å². The van der Waals surface area contributed by atoms with E-state index in [9.17, 15) is 9.90 Å². The summed E-state index contributed by atoms with van der Waals surface area (Å²) in [6.45, 7) is 17.7. The summed E-state index contributed by atoms with van der Waals surface area (Å²) in [6.07, 6.45) is 0.660. The molecule has 0 aliphatic heterocycles. The quantitative estimate of drug-likeness (QED) is 0.606. The standard InChI is InChI=1S/C20H30O3/c1-13(2)23-18(22)15(12-19(3,4)5)14-9-10-17(21)16(11-14)20(6,7)8/h9-11,15,21H,1,12H2,2-8H3. The van der Waals surface area contributed by atoms with E-state index in [1.165, 1.54) is 0 Å². The number of phenols is 1. The Hall–Kier alpha value is -1.77. The minimum absolute atomic E-state index is 0.0292. The lowest BCUT2D eigenvalue weighted by Gasteiger charge is -2.27. The normalized spacial score (nSPS) is 13.5. The first-order chi connectivity index (χ1) is 10.3. The van der Waals surface area contributed by atoms with Gasteiger partial charge in [-0.25, -0.2) is 0 Å². The SMILES string of the molecule is C=C(C)OC(=O)C(CC(C)(C)C)c1ccc(O)c(C(C)(C)C)c1. The molecule has 0 spiro atoms. The number of carbonyl (C=O) groups excluding carboxylic acids is 1. The zero-order valence-corrected chi connectivity index (χ0v) is 15.5. The molecular weight excluding hydrogens is 288 g/mol. The monoisotopic (exact) mass is 318 g/mol. The van der Waals surface area contributed by atoms with Crippen molar-refractivity contribution in [2.75, 3.05) is 0 Å². The van der Waals surface area contributed by atoms with Crippen LogP contribution in [0, 0.1) is 5.41 Å². The largest absolute Gasteiger partial charge is 0.508 e. The first kappa shape index (κ1) is 19.3. The van der Waals surface area contributed by atoms with Gasteiger partial charge in [-0.3, -0.25) is 4.79 Å². The molecule has 0 radical (unpaired) electrons. The number of benzene rings is 1. The van der Waals surface area contributed by atoms with E-state index in [4.69, 9.17) is 4.74 Å². The van der Waals surface area contributed by atoms with Gasteiger partial charge in [-0.2, -0.15) is 0 Å². The van der Waals surface area contributed by atoms with Crippen LogP contribution in [0.25, 0.3) is 0 Å². The highest BCUT2D eigenvalue weighted by Gasteiger charge is 2.30. The average molecular weight is 318 g/mol. The Morgan fingerprint density at radius 3 is 2.22 bits per heavy atom. The van der Waals surface area contributed by atoms with Gasteiger partial charge in [0.15, 0.2) is 0 Å². The van der Waals surface area contributed by atoms with Crippen molar-refractivity contribution in [3.63, 3.8) is 0 Å². The Labute approximate surface area is 140 Å². The molecule has 0 saturated heterocycles. The van der Waals surface area contributed by atoms with Crippen LogP contribution in [0.5, 0.6) is 5.75 Å². The molecular formula is C20H30O3. The van der Waals surface area contributed by atoms with E-state index in [0.717, 1.165) is 11.1 Å². The topological polar surface area (TPSA) is 46.5 Å². The molecule has 0 aliphatic carbocycles. The zero-order valence-electron chi connectivity index (χ0n) is 15.5. The molecule has 1 unspecified atom stereocenters. The lowest BCUT2D eigenvalue weighted by Crippen LogP contribution is -2.22. The van der Waals surface area contributed by atoms with Crippen LogP contribution in [0.4, 0.5) is 0 Å². The number of phenolic OH excluding ortho intramolecular Hbond substituents is 1. The fraction of sp³-hybridized carbons (Fsp3) is 0.550. The molecule has 0 fully saturated rings. The van der Waals surface area contributed by atoms with E-state index >= 15 is 0 Å². The Bertz CT molecular complexity index is 586. The summed E-state index contributed by atoms with van der Waals surface area (Å²) in [7, 11) is 0. The van der Waals surface area contributed by atoms with E-state index < -0.39 is 0 Å². The molecule has 1 rings (SSSR count). The molecule has 128 valence electrons. The van der Waals surface area contributed by atoms with Gasteiger partial charge in [0.25, 0.3) is 0 Å². The van der Waals surface area contributed by atoms with Crippen LogP contribution in [-0.2, 0) is 14.9 Å². The van der Waals surface area contributed by atoms with Crippen LogP contribution in [0.2, 0.25) is 0 Å². The Morgan fingerprint density at radius 2 is 1.78 bits per heavy atom. The van der Waals surface area contributed by atoms with Crippen LogP contribution in [-0.4, -0.2) is 11.1 Å². The highest BCUT2D eigenvalue weighted by Crippen LogP contribution is 2.37. The minimum atomic E-state index is -0.381. The van der Waals surface area contributed by atoms with E-state index in [1.807, 2.05) is 26.8 Å². The third-order valence-corrected chi connectivity index (χ3v) is 3.61. The highest BCUT2D eigenvalue weighted by molar-refractivity contribution is 5.79. The van der Waals surface area contributed by atoms with Crippen molar-refractivity contribution in [1.29, 1.82) is 0 Å². The number of aromatic hydroxyl groups is 1. The number of hydrogen-bond donors (Lipinski definition) is 1. The number of rotatable bonds is 4. The molecule has 3 nitrogen and oxygen atoms in total. The van der Waals surface area contributed by atoms with Gasteiger partial charge in [-0.05, 0) is 41.4 Å². The van der Waals surface area contributed by atoms with Crippen LogP contribution >= 0.6 is 0 Å². The first-order valence-electron chi connectivity index (χ1n) is 8.02. The summed E-state index contributed by atoms with van der Waals surface area (Å²) < 4.78 is 5.27. The third-order valence-electron chi connectivity index (χ3n) is 3.61. The van der Waals surface area contributed by atoms with Crippen molar-refractivity contribution in [3.05, 3.63) is 41.7 Å². The second kappa shape index (κ2) is 6.77. The zero-order chi connectivity index (χ0) is 18.0. The molecule has 1 aromatic carbocycles. The molecule has 1 N–H and O–H groups in total. The van der Waals surface area contributed by atoms with Gasteiger partial charge < -0.3 is 9.84 Å². The molecule has 0 bridgehead atoms. The molecule has 0 saturated carbocycles. The Balaban J connectivity index is 3.31. The van der Waals surface area contributed by atoms with Gasteiger partial charge >= 0.3 is 5.97 Å². The summed E-state index contributed by atoms with van der Waals surface area (Å²) >= 11 is 0. The van der Waals surface area contributed by atoms with Crippen molar-refractivity contribution < 1.29 is 14.6 Å². The van der Waals surface area contributed by atoms with E-state index in [0.29, 0.717) is 12.2 Å². The number of carbonyl (C=O) groups is 1. The smallest absolute Gasteiger partial charge is 0.318 e. The molecule has 0 amide bonds. The maximum Gasteiger partial charge on any atom is 0.318 e. The van der Waals surface area contributed by atoms with Gasteiger partial charge in [0.1, 0.15) is 5.75 Å². The molecule has 1 atom stereocenters. The van der Waals surface area contributed by atoms with Gasteiger partial charge in [0, 0.05) is 0 Å². The average Bonchev–Trinajstić information content (AvgIpc) is 2.33. The molecule has 0 aliphatic rings. The predicted molar refractivity (Wildman–Crippen MR) is 94.5 cm³/mol. The summed E-state index contributed by atoms with van der Waals surface area (Å²) in [4.78, 5) is 12.5. The lowest BCUT2D eigenvalue weighted by atomic mass is 9.79. The maximum absolute atomic E-state index is 12.5. The fourth-order valence-corrected chi connectivity index (χ4v) is 2.56. The van der Waals surface area contributed by atoms with Gasteiger partial charge in [0.05, 0.1) is 11.7 Å². The summed E-state index contributed by atoms with van der Waals surface area (Å²) in [5.41, 5.74) is 1.47. The summed E-state index contributed by atoms with van der Waals surface area (Å²) in [5.74, 6) is -0.0286. The number of ether oxygens (including phenoxy) is 1. The van der Waals surface area contributed by atoms with Crippen LogP contribution in [0.15, 0.2) is 30.5 Å². The summed E-state index contributed by atoms with van der Waals surface area (Å²) in [5, 5.41) is 10.1. The molecule has 3 heteroatoms. The highest BCUT2D eigenvalue weighted by atomic mass is 16.5. The van der Waals surface area contributed by atoms with Crippen molar-refractivity contribution in [2.45, 2.75) is 66.2 Å². The van der Waals surface area contributed by atoms with Crippen molar-refractivity contribution in [3.8, 4) is 5.75 Å². The first-order valence-corrected chi connectivity index (χ1v) is 8.02. The third kappa shape index (κ3) is 5.74. The fourth-order valence-electron chi connectivity index (χ4n) is 2.56. The van der Waals surface area contributed by atoms with Crippen molar-refractivity contribution in [2.24, 2.45) is 5.41 Å². The summed E-state index contributed by atoms with van der Waals surface area (Å²) in [6, 6.07) is 5.39. The van der Waals surface area contributed by atoms with Crippen molar-refractivity contribution in [1.82, 2.24) is 0 Å². The Kier molecular flexibility index (Phi) is 5.68.